The highest BCUT2D eigenvalue weighted by molar-refractivity contribution is 7.15. The molecule has 3 N–H and O–H groups in total. The number of aliphatic hydroxyl groups excluding tert-OH is 1. The minimum Gasteiger partial charge on any atom is -0.392 e. The maximum Gasteiger partial charge on any atom is 0.223 e. The minimum atomic E-state index is -0.478. The molecular formula is C25H33N3O2S. The number of rotatable bonds is 5. The highest BCUT2D eigenvalue weighted by Crippen LogP contribution is 2.57. The topological polar surface area (TPSA) is 74.2 Å². The number of anilines is 2. The molecular weight excluding hydrogens is 406 g/mol. The lowest BCUT2D eigenvalue weighted by Gasteiger charge is -2.53. The molecule has 1 amide bonds. The quantitative estimate of drug-likeness (QED) is 0.622. The number of nitrogens with one attached hydrogen (secondary N) is 2. The third-order valence-corrected chi connectivity index (χ3v) is 8.91. The molecule has 0 radical (unpaired) electrons. The van der Waals surface area contributed by atoms with Gasteiger partial charge in [-0.05, 0) is 61.5 Å². The summed E-state index contributed by atoms with van der Waals surface area (Å²) in [7, 11) is 0. The van der Waals surface area contributed by atoms with Crippen LogP contribution in [0.3, 0.4) is 0 Å². The standard InChI is InChI=1S/C25H33N3O2S/c1-14(23(30)26-17-9-10-17)18-11-12-25(3)13-19-21(15(2)20(25)22(18)29)28-24(31-19)27-16-7-5-4-6-8-16/h4-8,14-15,17-18,20,22,29H,9-13H2,1-3H3,(H,26,30)(H,27,28)/t14-,15+,18-,20+,22-,25+/m0/s1. The number of hydrogen-bond acceptors (Lipinski definition) is 5. The first-order valence-electron chi connectivity index (χ1n) is 11.7. The van der Waals surface area contributed by atoms with Crippen molar-refractivity contribution < 1.29 is 9.90 Å². The molecule has 1 heterocycles. The van der Waals surface area contributed by atoms with Crippen LogP contribution in [0.2, 0.25) is 0 Å². The Hall–Kier alpha value is -1.92. The molecule has 0 aliphatic heterocycles. The van der Waals surface area contributed by atoms with Gasteiger partial charge < -0.3 is 15.7 Å². The molecule has 31 heavy (non-hydrogen) atoms. The maximum absolute atomic E-state index is 12.7. The minimum absolute atomic E-state index is 0.0152. The van der Waals surface area contributed by atoms with Gasteiger partial charge in [-0.2, -0.15) is 0 Å². The van der Waals surface area contributed by atoms with Crippen molar-refractivity contribution in [2.75, 3.05) is 5.32 Å². The van der Waals surface area contributed by atoms with E-state index in [4.69, 9.17) is 4.98 Å². The number of carbonyl (C=O) groups is 1. The van der Waals surface area contributed by atoms with Gasteiger partial charge in [0.25, 0.3) is 0 Å². The number of hydrogen-bond donors (Lipinski definition) is 3. The summed E-state index contributed by atoms with van der Waals surface area (Å²) >= 11 is 1.75. The van der Waals surface area contributed by atoms with Gasteiger partial charge in [-0.3, -0.25) is 4.79 Å². The molecule has 3 aliphatic rings. The molecule has 0 saturated heterocycles. The molecule has 1 aromatic heterocycles. The van der Waals surface area contributed by atoms with E-state index in [9.17, 15) is 9.90 Å². The largest absolute Gasteiger partial charge is 0.392 e. The second-order valence-electron chi connectivity index (χ2n) is 10.2. The van der Waals surface area contributed by atoms with Gasteiger partial charge >= 0.3 is 0 Å². The molecule has 0 bridgehead atoms. The first-order valence-corrected chi connectivity index (χ1v) is 12.5. The average molecular weight is 440 g/mol. The fourth-order valence-electron chi connectivity index (χ4n) is 6.00. The number of nitrogens with zero attached hydrogens (tertiary/aromatic N) is 1. The van der Waals surface area contributed by atoms with Crippen molar-refractivity contribution in [1.82, 2.24) is 10.3 Å². The van der Waals surface area contributed by atoms with Crippen LogP contribution in [0.4, 0.5) is 10.8 Å². The summed E-state index contributed by atoms with van der Waals surface area (Å²) in [6, 6.07) is 10.5. The Morgan fingerprint density at radius 1 is 1.26 bits per heavy atom. The molecule has 2 saturated carbocycles. The van der Waals surface area contributed by atoms with E-state index < -0.39 is 6.10 Å². The number of thiazole rings is 1. The molecule has 0 unspecified atom stereocenters. The monoisotopic (exact) mass is 439 g/mol. The van der Waals surface area contributed by atoms with E-state index in [0.29, 0.717) is 6.04 Å². The van der Waals surface area contributed by atoms with Crippen molar-refractivity contribution in [2.24, 2.45) is 23.2 Å². The van der Waals surface area contributed by atoms with Crippen LogP contribution in [-0.2, 0) is 11.2 Å². The molecule has 5 rings (SSSR count). The first-order chi connectivity index (χ1) is 14.9. The number of fused-ring (bicyclic) bond motifs is 2. The van der Waals surface area contributed by atoms with Crippen LogP contribution in [0, 0.1) is 23.2 Å². The zero-order valence-electron chi connectivity index (χ0n) is 18.6. The van der Waals surface area contributed by atoms with Crippen molar-refractivity contribution in [1.29, 1.82) is 0 Å². The van der Waals surface area contributed by atoms with E-state index in [1.54, 1.807) is 11.3 Å². The normalized spacial score (nSPS) is 33.2. The summed E-state index contributed by atoms with van der Waals surface area (Å²) in [5.41, 5.74) is 2.21. The van der Waals surface area contributed by atoms with Gasteiger partial charge in [-0.1, -0.05) is 39.0 Å². The van der Waals surface area contributed by atoms with E-state index in [1.165, 1.54) is 4.88 Å². The van der Waals surface area contributed by atoms with E-state index in [2.05, 4.69) is 24.5 Å². The zero-order valence-corrected chi connectivity index (χ0v) is 19.4. The Morgan fingerprint density at radius 2 is 2.00 bits per heavy atom. The summed E-state index contributed by atoms with van der Waals surface area (Å²) < 4.78 is 0. The Balaban J connectivity index is 1.37. The van der Waals surface area contributed by atoms with Crippen molar-refractivity contribution in [3.8, 4) is 0 Å². The summed E-state index contributed by atoms with van der Waals surface area (Å²) in [4.78, 5) is 19.0. The van der Waals surface area contributed by atoms with Gasteiger partial charge in [0.05, 0.1) is 11.8 Å². The zero-order chi connectivity index (χ0) is 21.8. The lowest BCUT2D eigenvalue weighted by molar-refractivity contribution is -0.134. The van der Waals surface area contributed by atoms with E-state index in [1.807, 2.05) is 37.3 Å². The smallest absolute Gasteiger partial charge is 0.223 e. The Labute approximate surface area is 188 Å². The molecule has 166 valence electrons. The van der Waals surface area contributed by atoms with Crippen LogP contribution in [0.5, 0.6) is 0 Å². The van der Waals surface area contributed by atoms with Crippen molar-refractivity contribution >= 4 is 28.1 Å². The fraction of sp³-hybridized carbons (Fsp3) is 0.600. The van der Waals surface area contributed by atoms with Gasteiger partial charge in [-0.15, -0.1) is 11.3 Å². The molecule has 6 heteroatoms. The Kier molecular flexibility index (Phi) is 5.33. The van der Waals surface area contributed by atoms with Crippen LogP contribution in [0.25, 0.3) is 0 Å². The lowest BCUT2D eigenvalue weighted by Crippen LogP contribution is -2.53. The summed E-state index contributed by atoms with van der Waals surface area (Å²) in [5.74, 6) is 0.276. The number of amides is 1. The predicted octanol–water partition coefficient (Wildman–Crippen LogP) is 4.85. The molecule has 3 aliphatic carbocycles. The second-order valence-corrected chi connectivity index (χ2v) is 11.3. The van der Waals surface area contributed by atoms with Crippen LogP contribution >= 0.6 is 11.3 Å². The molecule has 2 fully saturated rings. The molecule has 0 spiro atoms. The Morgan fingerprint density at radius 3 is 2.71 bits per heavy atom. The number of carbonyl (C=O) groups excluding carboxylic acids is 1. The summed E-state index contributed by atoms with van der Waals surface area (Å²) in [5, 5.41) is 19.0. The summed E-state index contributed by atoms with van der Waals surface area (Å²) in [6.45, 7) is 6.54. The van der Waals surface area contributed by atoms with Crippen LogP contribution in [0.15, 0.2) is 30.3 Å². The highest BCUT2D eigenvalue weighted by atomic mass is 32.1. The first kappa shape index (κ1) is 21.0. The molecule has 2 aromatic rings. The van der Waals surface area contributed by atoms with E-state index in [0.717, 1.165) is 48.6 Å². The van der Waals surface area contributed by atoms with Gasteiger partial charge in [0.15, 0.2) is 5.13 Å². The van der Waals surface area contributed by atoms with E-state index in [-0.39, 0.29) is 35.0 Å². The summed E-state index contributed by atoms with van der Waals surface area (Å²) in [6.07, 6.45) is 4.62. The third kappa shape index (κ3) is 3.89. The van der Waals surface area contributed by atoms with Gasteiger partial charge in [0.1, 0.15) is 0 Å². The van der Waals surface area contributed by atoms with Gasteiger partial charge in [0, 0.05) is 28.4 Å². The highest BCUT2D eigenvalue weighted by Gasteiger charge is 2.54. The van der Waals surface area contributed by atoms with Crippen molar-refractivity contribution in [3.05, 3.63) is 40.9 Å². The number of aromatic nitrogens is 1. The van der Waals surface area contributed by atoms with E-state index >= 15 is 0 Å². The van der Waals surface area contributed by atoms with Gasteiger partial charge in [0.2, 0.25) is 5.91 Å². The molecule has 1 aromatic carbocycles. The number of aliphatic hydroxyl groups is 1. The van der Waals surface area contributed by atoms with Crippen LogP contribution in [-0.4, -0.2) is 28.1 Å². The maximum atomic E-state index is 12.7. The SMILES string of the molecule is C[C@H](C(=O)NC1CC1)[C@@H]1CC[C@]2(C)Cc3sc(Nc4ccccc4)nc3[C@H](C)[C@@H]2[C@H]1O. The molecule has 5 nitrogen and oxygen atoms in total. The third-order valence-electron chi connectivity index (χ3n) is 7.93. The fourth-order valence-corrected chi connectivity index (χ4v) is 7.28. The number of para-hydroxylation sites is 1. The number of benzene rings is 1. The van der Waals surface area contributed by atoms with Crippen molar-refractivity contribution in [3.63, 3.8) is 0 Å². The van der Waals surface area contributed by atoms with Gasteiger partial charge in [-0.25, -0.2) is 4.98 Å². The van der Waals surface area contributed by atoms with Crippen LogP contribution < -0.4 is 10.6 Å². The average Bonchev–Trinajstić information content (AvgIpc) is 3.46. The molecule has 6 atom stereocenters. The van der Waals surface area contributed by atoms with Crippen molar-refractivity contribution in [2.45, 2.75) is 70.9 Å². The van der Waals surface area contributed by atoms with Crippen LogP contribution in [0.1, 0.15) is 62.9 Å². The second kappa shape index (κ2) is 7.89. The predicted molar refractivity (Wildman–Crippen MR) is 125 cm³/mol. The Bertz CT molecular complexity index is 957. The lowest BCUT2D eigenvalue weighted by atomic mass is 9.53.